The maximum absolute atomic E-state index is 12.3. The Morgan fingerprint density at radius 1 is 1.33 bits per heavy atom. The van der Waals surface area contributed by atoms with Gasteiger partial charge in [-0.25, -0.2) is 0 Å². The van der Waals surface area contributed by atoms with Crippen molar-refractivity contribution in [2.45, 2.75) is 38.8 Å². The van der Waals surface area contributed by atoms with Gasteiger partial charge in [0, 0.05) is 12.5 Å². The molecule has 1 aliphatic rings. The van der Waals surface area contributed by atoms with Crippen molar-refractivity contribution < 1.29 is 9.90 Å². The third-order valence-electron chi connectivity index (χ3n) is 3.67. The molecular weight excluding hydrogens is 226 g/mol. The van der Waals surface area contributed by atoms with Crippen molar-refractivity contribution in [1.29, 1.82) is 0 Å². The van der Waals surface area contributed by atoms with Gasteiger partial charge in [0.15, 0.2) is 0 Å². The van der Waals surface area contributed by atoms with Crippen LogP contribution in [0.25, 0.3) is 0 Å². The van der Waals surface area contributed by atoms with Crippen molar-refractivity contribution in [3.05, 3.63) is 35.9 Å². The molecule has 98 valence electrons. The van der Waals surface area contributed by atoms with Crippen LogP contribution in [0.3, 0.4) is 0 Å². The molecule has 18 heavy (non-hydrogen) atoms. The van der Waals surface area contributed by atoms with Gasteiger partial charge < -0.3 is 10.0 Å². The fraction of sp³-hybridized carbons (Fsp3) is 0.533. The average molecular weight is 247 g/mol. The van der Waals surface area contributed by atoms with Gasteiger partial charge in [0.05, 0.1) is 12.6 Å². The molecule has 3 nitrogen and oxygen atoms in total. The molecule has 1 fully saturated rings. The van der Waals surface area contributed by atoms with E-state index in [4.69, 9.17) is 0 Å². The Morgan fingerprint density at radius 3 is 2.67 bits per heavy atom. The molecule has 0 aromatic heterocycles. The maximum Gasteiger partial charge on any atom is 0.226 e. The Kier molecular flexibility index (Phi) is 4.37. The second-order valence-corrected chi connectivity index (χ2v) is 5.01. The van der Waals surface area contributed by atoms with Gasteiger partial charge in [-0.05, 0) is 18.4 Å². The Balaban J connectivity index is 2.08. The quantitative estimate of drug-likeness (QED) is 0.866. The smallest absolute Gasteiger partial charge is 0.226 e. The van der Waals surface area contributed by atoms with Crippen LogP contribution in [-0.4, -0.2) is 28.6 Å². The summed E-state index contributed by atoms with van der Waals surface area (Å²) in [5, 5.41) is 9.42. The number of likely N-dealkylation sites (tertiary alicyclic amines) is 1. The number of carbonyl (C=O) groups is 1. The number of carbonyl (C=O) groups excluding carboxylic acids is 1. The molecule has 0 saturated carbocycles. The van der Waals surface area contributed by atoms with Crippen molar-refractivity contribution in [2.75, 3.05) is 6.61 Å². The fourth-order valence-corrected chi connectivity index (χ4v) is 2.72. The van der Waals surface area contributed by atoms with E-state index >= 15 is 0 Å². The van der Waals surface area contributed by atoms with E-state index in [0.29, 0.717) is 6.54 Å². The minimum atomic E-state index is -0.00532. The van der Waals surface area contributed by atoms with Crippen molar-refractivity contribution in [2.24, 2.45) is 5.92 Å². The molecule has 1 heterocycles. The fourth-order valence-electron chi connectivity index (χ4n) is 2.72. The molecule has 1 N–H and O–H groups in total. The summed E-state index contributed by atoms with van der Waals surface area (Å²) in [6.07, 6.45) is 2.75. The summed E-state index contributed by atoms with van der Waals surface area (Å²) in [5.74, 6) is 0.315. The third-order valence-corrected chi connectivity index (χ3v) is 3.67. The summed E-state index contributed by atoms with van der Waals surface area (Å²) in [5.41, 5.74) is 1.13. The van der Waals surface area contributed by atoms with Crippen LogP contribution in [0.1, 0.15) is 31.7 Å². The van der Waals surface area contributed by atoms with Crippen LogP contribution >= 0.6 is 0 Å². The molecule has 1 aromatic carbocycles. The molecule has 2 rings (SSSR count). The van der Waals surface area contributed by atoms with Crippen LogP contribution in [0, 0.1) is 5.92 Å². The standard InChI is InChI=1S/C15H21NO2/c1-2-6-13-9-14(11-17)16(15(13)18)10-12-7-4-3-5-8-12/h3-5,7-8,13-14,17H,2,6,9-11H2,1H3/t13-,14-/m0/s1. The summed E-state index contributed by atoms with van der Waals surface area (Å²) in [4.78, 5) is 14.1. The number of benzene rings is 1. The van der Waals surface area contributed by atoms with E-state index < -0.39 is 0 Å². The summed E-state index contributed by atoms with van der Waals surface area (Å²) in [6.45, 7) is 2.78. The van der Waals surface area contributed by atoms with Crippen molar-refractivity contribution in [3.63, 3.8) is 0 Å². The zero-order chi connectivity index (χ0) is 13.0. The molecule has 0 radical (unpaired) electrons. The lowest BCUT2D eigenvalue weighted by Crippen LogP contribution is -2.35. The lowest BCUT2D eigenvalue weighted by atomic mass is 10.0. The first kappa shape index (κ1) is 13.1. The second kappa shape index (κ2) is 6.01. The average Bonchev–Trinajstić information content (AvgIpc) is 2.69. The molecule has 0 bridgehead atoms. The van der Waals surface area contributed by atoms with Gasteiger partial charge in [0.1, 0.15) is 0 Å². The van der Waals surface area contributed by atoms with Crippen LogP contribution in [0.4, 0.5) is 0 Å². The van der Waals surface area contributed by atoms with E-state index in [1.54, 1.807) is 0 Å². The van der Waals surface area contributed by atoms with Gasteiger partial charge in [-0.1, -0.05) is 43.7 Å². The highest BCUT2D eigenvalue weighted by Crippen LogP contribution is 2.29. The molecule has 3 heteroatoms. The number of hydrogen-bond acceptors (Lipinski definition) is 2. The normalized spacial score (nSPS) is 23.7. The van der Waals surface area contributed by atoms with Crippen molar-refractivity contribution in [1.82, 2.24) is 4.90 Å². The molecule has 1 aliphatic heterocycles. The first-order valence-electron chi connectivity index (χ1n) is 6.71. The van der Waals surface area contributed by atoms with E-state index in [1.165, 1.54) is 0 Å². The Hall–Kier alpha value is -1.35. The number of nitrogens with zero attached hydrogens (tertiary/aromatic N) is 1. The topological polar surface area (TPSA) is 40.5 Å². The maximum atomic E-state index is 12.3. The minimum Gasteiger partial charge on any atom is -0.394 e. The van der Waals surface area contributed by atoms with Crippen LogP contribution in [0.15, 0.2) is 30.3 Å². The number of hydrogen-bond donors (Lipinski definition) is 1. The SMILES string of the molecule is CCC[C@H]1C[C@@H](CO)N(Cc2ccccc2)C1=O. The van der Waals surface area contributed by atoms with Crippen LogP contribution in [-0.2, 0) is 11.3 Å². The Morgan fingerprint density at radius 2 is 2.06 bits per heavy atom. The summed E-state index contributed by atoms with van der Waals surface area (Å²) in [6, 6.07) is 9.97. The summed E-state index contributed by atoms with van der Waals surface area (Å²) >= 11 is 0. The highest BCUT2D eigenvalue weighted by Gasteiger charge is 2.38. The van der Waals surface area contributed by atoms with Crippen LogP contribution in [0.2, 0.25) is 0 Å². The predicted molar refractivity (Wildman–Crippen MR) is 70.9 cm³/mol. The van der Waals surface area contributed by atoms with Crippen LogP contribution in [0.5, 0.6) is 0 Å². The van der Waals surface area contributed by atoms with Gasteiger partial charge in [0.2, 0.25) is 5.91 Å². The van der Waals surface area contributed by atoms with E-state index in [-0.39, 0.29) is 24.5 Å². The van der Waals surface area contributed by atoms with E-state index in [1.807, 2.05) is 35.2 Å². The number of aliphatic hydroxyl groups excluding tert-OH is 1. The van der Waals surface area contributed by atoms with Crippen molar-refractivity contribution in [3.8, 4) is 0 Å². The van der Waals surface area contributed by atoms with E-state index in [2.05, 4.69) is 6.92 Å². The highest BCUT2D eigenvalue weighted by molar-refractivity contribution is 5.81. The number of aliphatic hydroxyl groups is 1. The molecule has 1 saturated heterocycles. The van der Waals surface area contributed by atoms with Gasteiger partial charge >= 0.3 is 0 Å². The first-order chi connectivity index (χ1) is 8.76. The largest absolute Gasteiger partial charge is 0.394 e. The molecular formula is C15H21NO2. The molecule has 0 spiro atoms. The van der Waals surface area contributed by atoms with E-state index in [0.717, 1.165) is 24.8 Å². The molecule has 2 atom stereocenters. The van der Waals surface area contributed by atoms with Gasteiger partial charge in [-0.3, -0.25) is 4.79 Å². The lowest BCUT2D eigenvalue weighted by Gasteiger charge is -2.23. The first-order valence-corrected chi connectivity index (χ1v) is 6.71. The van der Waals surface area contributed by atoms with Gasteiger partial charge in [-0.2, -0.15) is 0 Å². The minimum absolute atomic E-state index is 0.00532. The Labute approximate surface area is 108 Å². The molecule has 0 aliphatic carbocycles. The molecule has 0 unspecified atom stereocenters. The highest BCUT2D eigenvalue weighted by atomic mass is 16.3. The Bertz CT molecular complexity index is 391. The summed E-state index contributed by atoms with van der Waals surface area (Å²) < 4.78 is 0. The zero-order valence-corrected chi connectivity index (χ0v) is 10.9. The summed E-state index contributed by atoms with van der Waals surface area (Å²) in [7, 11) is 0. The van der Waals surface area contributed by atoms with Gasteiger partial charge in [0.25, 0.3) is 0 Å². The number of amides is 1. The zero-order valence-electron chi connectivity index (χ0n) is 10.9. The van der Waals surface area contributed by atoms with Crippen molar-refractivity contribution >= 4 is 5.91 Å². The third kappa shape index (κ3) is 2.72. The number of rotatable bonds is 5. The monoisotopic (exact) mass is 247 g/mol. The molecule has 1 aromatic rings. The lowest BCUT2D eigenvalue weighted by molar-refractivity contribution is -0.133. The van der Waals surface area contributed by atoms with Crippen LogP contribution < -0.4 is 0 Å². The van der Waals surface area contributed by atoms with Gasteiger partial charge in [-0.15, -0.1) is 0 Å². The second-order valence-electron chi connectivity index (χ2n) is 5.01. The molecule has 1 amide bonds. The predicted octanol–water partition coefficient (Wildman–Crippen LogP) is 2.20. The van der Waals surface area contributed by atoms with E-state index in [9.17, 15) is 9.90 Å².